The summed E-state index contributed by atoms with van der Waals surface area (Å²) < 4.78 is 0. The smallest absolute Gasteiger partial charge is 0.135 e. The molecule has 1 aromatic carbocycles. The molecular weight excluding hydrogens is 294 g/mol. The van der Waals surface area contributed by atoms with Crippen LogP contribution >= 0.6 is 0 Å². The zero-order valence-electron chi connectivity index (χ0n) is 15.0. The van der Waals surface area contributed by atoms with E-state index in [4.69, 9.17) is 0 Å². The Labute approximate surface area is 145 Å². The van der Waals surface area contributed by atoms with E-state index in [9.17, 15) is 0 Å². The van der Waals surface area contributed by atoms with Crippen molar-refractivity contribution in [2.45, 2.75) is 46.1 Å². The van der Waals surface area contributed by atoms with Crippen LogP contribution in [0, 0.1) is 6.92 Å². The summed E-state index contributed by atoms with van der Waals surface area (Å²) in [4.78, 5) is 11.4. The lowest BCUT2D eigenvalue weighted by atomic mass is 10.0. The first-order chi connectivity index (χ1) is 11.6. The number of aryl methyl sites for hydroxylation is 1. The van der Waals surface area contributed by atoms with Gasteiger partial charge < -0.3 is 4.90 Å². The average molecular weight is 321 g/mol. The summed E-state index contributed by atoms with van der Waals surface area (Å²) in [5.41, 5.74) is 5.06. The molecule has 24 heavy (non-hydrogen) atoms. The fourth-order valence-electron chi connectivity index (χ4n) is 3.40. The van der Waals surface area contributed by atoms with Gasteiger partial charge in [0.2, 0.25) is 0 Å². The highest BCUT2D eigenvalue weighted by molar-refractivity contribution is 6.04. The van der Waals surface area contributed by atoms with Gasteiger partial charge in [-0.25, -0.2) is 4.99 Å². The van der Waals surface area contributed by atoms with E-state index in [1.165, 1.54) is 41.5 Å². The summed E-state index contributed by atoms with van der Waals surface area (Å²) in [7, 11) is 0. The van der Waals surface area contributed by atoms with Gasteiger partial charge in [0, 0.05) is 18.2 Å². The van der Waals surface area contributed by atoms with Gasteiger partial charge in [0.1, 0.15) is 12.2 Å². The minimum absolute atomic E-state index is 0.564. The van der Waals surface area contributed by atoms with Crippen LogP contribution in [0.1, 0.15) is 44.2 Å². The molecule has 2 aliphatic heterocycles. The van der Waals surface area contributed by atoms with Crippen molar-refractivity contribution in [2.75, 3.05) is 13.1 Å². The lowest BCUT2D eigenvalue weighted by molar-refractivity contribution is 0.258. The molecule has 3 rings (SSSR count). The molecule has 0 aliphatic carbocycles. The van der Waals surface area contributed by atoms with Crippen LogP contribution in [0.15, 0.2) is 52.0 Å². The molecule has 3 nitrogen and oxygen atoms in total. The normalized spacial score (nSPS) is 23.5. The molecule has 0 radical (unpaired) electrons. The Morgan fingerprint density at radius 1 is 1.29 bits per heavy atom. The van der Waals surface area contributed by atoms with Crippen LogP contribution in [-0.2, 0) is 0 Å². The third kappa shape index (κ3) is 3.84. The lowest BCUT2D eigenvalue weighted by Crippen LogP contribution is -2.43. The van der Waals surface area contributed by atoms with Gasteiger partial charge in [-0.2, -0.15) is 0 Å². The topological polar surface area (TPSA) is 28.0 Å². The molecule has 0 unspecified atom stereocenters. The molecular formula is C21H27N3. The molecule has 0 saturated carbocycles. The second-order valence-electron chi connectivity index (χ2n) is 6.86. The number of hydrogen-bond acceptors (Lipinski definition) is 3. The van der Waals surface area contributed by atoms with E-state index in [0.29, 0.717) is 6.04 Å². The molecule has 1 atom stereocenters. The number of nitrogens with zero attached hydrogens (tertiary/aromatic N) is 3. The van der Waals surface area contributed by atoms with Crippen LogP contribution in [0.25, 0.3) is 5.57 Å². The van der Waals surface area contributed by atoms with Gasteiger partial charge in [-0.1, -0.05) is 42.0 Å². The number of rotatable bonds is 2. The van der Waals surface area contributed by atoms with Crippen molar-refractivity contribution in [1.29, 1.82) is 0 Å². The Morgan fingerprint density at radius 3 is 2.96 bits per heavy atom. The molecule has 0 amide bonds. The monoisotopic (exact) mass is 321 g/mol. The molecule has 0 bridgehead atoms. The van der Waals surface area contributed by atoms with Crippen LogP contribution in [0.5, 0.6) is 0 Å². The molecule has 1 saturated heterocycles. The first-order valence-corrected chi connectivity index (χ1v) is 8.93. The molecule has 2 heterocycles. The lowest BCUT2D eigenvalue weighted by Gasteiger charge is -2.37. The van der Waals surface area contributed by atoms with Crippen molar-refractivity contribution in [1.82, 2.24) is 4.90 Å². The fourth-order valence-corrected chi connectivity index (χ4v) is 3.40. The van der Waals surface area contributed by atoms with Gasteiger partial charge >= 0.3 is 0 Å². The number of allylic oxidation sites excluding steroid dienone is 3. The number of amidine groups is 1. The molecule has 0 N–H and O–H groups in total. The zero-order valence-corrected chi connectivity index (χ0v) is 15.0. The maximum atomic E-state index is 4.60. The number of hydrogen-bond donors (Lipinski definition) is 0. The van der Waals surface area contributed by atoms with Crippen molar-refractivity contribution in [3.8, 4) is 0 Å². The molecule has 126 valence electrons. The average Bonchev–Trinajstić information content (AvgIpc) is 2.60. The summed E-state index contributed by atoms with van der Waals surface area (Å²) in [6.07, 6.45) is 9.95. The Balaban J connectivity index is 1.84. The molecule has 1 fully saturated rings. The fraction of sp³-hybridized carbons (Fsp3) is 0.429. The first kappa shape index (κ1) is 16.7. The van der Waals surface area contributed by atoms with Crippen LogP contribution in [0.4, 0.5) is 0 Å². The number of aliphatic imine (C=N–C) groups is 2. The van der Waals surface area contributed by atoms with Gasteiger partial charge in [-0.05, 0) is 51.2 Å². The standard InChI is InChI=1S/C21H27N3/c1-16-7-6-9-19(13-16)17(2)10-11-20-14-22-15-23-21(20)24-12-5-4-8-18(24)3/h6-7,9-11,13,15,18H,4-5,8,12,14H2,1-3H3/b17-10+,20-11+/t18-/m0/s1. The highest BCUT2D eigenvalue weighted by atomic mass is 15.2. The predicted molar refractivity (Wildman–Crippen MR) is 104 cm³/mol. The van der Waals surface area contributed by atoms with Crippen molar-refractivity contribution in [3.63, 3.8) is 0 Å². The maximum absolute atomic E-state index is 4.60. The third-order valence-corrected chi connectivity index (χ3v) is 4.89. The Kier molecular flexibility index (Phi) is 5.29. The largest absolute Gasteiger partial charge is 0.354 e. The summed E-state index contributed by atoms with van der Waals surface area (Å²) in [5, 5.41) is 0. The van der Waals surface area contributed by atoms with Crippen LogP contribution in [-0.4, -0.2) is 36.2 Å². The van der Waals surface area contributed by atoms with E-state index < -0.39 is 0 Å². The Hall–Kier alpha value is -2.16. The third-order valence-electron chi connectivity index (χ3n) is 4.89. The Bertz CT molecular complexity index is 710. The number of piperidine rings is 1. The quantitative estimate of drug-likeness (QED) is 0.780. The number of benzene rings is 1. The highest BCUT2D eigenvalue weighted by Gasteiger charge is 2.24. The highest BCUT2D eigenvalue weighted by Crippen LogP contribution is 2.22. The van der Waals surface area contributed by atoms with E-state index >= 15 is 0 Å². The van der Waals surface area contributed by atoms with E-state index in [1.807, 2.05) is 0 Å². The van der Waals surface area contributed by atoms with Gasteiger partial charge in [0.25, 0.3) is 0 Å². The minimum Gasteiger partial charge on any atom is -0.354 e. The molecule has 3 heteroatoms. The molecule has 0 aromatic heterocycles. The summed E-state index contributed by atoms with van der Waals surface area (Å²) in [5.74, 6) is 1.12. The van der Waals surface area contributed by atoms with E-state index in [-0.39, 0.29) is 0 Å². The second-order valence-corrected chi connectivity index (χ2v) is 6.86. The molecule has 1 aromatic rings. The van der Waals surface area contributed by atoms with Gasteiger partial charge in [-0.3, -0.25) is 4.99 Å². The number of likely N-dealkylation sites (tertiary alicyclic amines) is 1. The van der Waals surface area contributed by atoms with Crippen LogP contribution < -0.4 is 0 Å². The van der Waals surface area contributed by atoms with Crippen LogP contribution in [0.3, 0.4) is 0 Å². The summed E-state index contributed by atoms with van der Waals surface area (Å²) in [6.45, 7) is 8.43. The zero-order chi connectivity index (χ0) is 16.9. The second kappa shape index (κ2) is 7.61. The van der Waals surface area contributed by atoms with Crippen molar-refractivity contribution in [2.24, 2.45) is 9.98 Å². The predicted octanol–water partition coefficient (Wildman–Crippen LogP) is 4.64. The van der Waals surface area contributed by atoms with E-state index in [0.717, 1.165) is 18.9 Å². The molecule has 2 aliphatic rings. The summed E-state index contributed by atoms with van der Waals surface area (Å²) >= 11 is 0. The SMILES string of the molecule is C/C(=C\C=C1/CN=CN=C1N1CCCC[C@@H]1C)c1cccc(C)c1. The minimum atomic E-state index is 0.564. The van der Waals surface area contributed by atoms with Gasteiger partial charge in [0.15, 0.2) is 0 Å². The van der Waals surface area contributed by atoms with Crippen molar-refractivity contribution < 1.29 is 0 Å². The van der Waals surface area contributed by atoms with E-state index in [1.54, 1.807) is 6.34 Å². The van der Waals surface area contributed by atoms with E-state index in [2.05, 4.69) is 72.1 Å². The van der Waals surface area contributed by atoms with Gasteiger partial charge in [0.05, 0.1) is 6.54 Å². The summed E-state index contributed by atoms with van der Waals surface area (Å²) in [6, 6.07) is 9.20. The molecule has 0 spiro atoms. The van der Waals surface area contributed by atoms with Crippen LogP contribution in [0.2, 0.25) is 0 Å². The first-order valence-electron chi connectivity index (χ1n) is 8.93. The van der Waals surface area contributed by atoms with Crippen molar-refractivity contribution in [3.05, 3.63) is 53.1 Å². The van der Waals surface area contributed by atoms with Gasteiger partial charge in [-0.15, -0.1) is 0 Å². The van der Waals surface area contributed by atoms with Crippen molar-refractivity contribution >= 4 is 17.7 Å². The maximum Gasteiger partial charge on any atom is 0.135 e. The Morgan fingerprint density at radius 2 is 2.17 bits per heavy atom.